The molecule has 0 aliphatic carbocycles. The van der Waals surface area contributed by atoms with E-state index in [1.54, 1.807) is 16.9 Å². The highest BCUT2D eigenvalue weighted by atomic mass is 16.5. The summed E-state index contributed by atoms with van der Waals surface area (Å²) in [4.78, 5) is 4.29. The van der Waals surface area contributed by atoms with E-state index >= 15 is 0 Å². The monoisotopic (exact) mass is 283 g/mol. The average Bonchev–Trinajstić information content (AvgIpc) is 2.93. The van der Waals surface area contributed by atoms with E-state index in [-0.39, 0.29) is 6.61 Å². The SMILES string of the molecule is CC(C)c1cc2c(Oc3ccccc3CO)nccn2n1. The molecule has 3 aromatic rings. The number of aromatic nitrogens is 3. The summed E-state index contributed by atoms with van der Waals surface area (Å²) in [6.07, 6.45) is 3.45. The highest BCUT2D eigenvalue weighted by Crippen LogP contribution is 2.28. The van der Waals surface area contributed by atoms with Gasteiger partial charge in [-0.05, 0) is 18.1 Å². The van der Waals surface area contributed by atoms with Gasteiger partial charge in [0.05, 0.1) is 12.3 Å². The number of hydrogen-bond acceptors (Lipinski definition) is 4. The van der Waals surface area contributed by atoms with E-state index in [0.717, 1.165) is 16.8 Å². The first-order chi connectivity index (χ1) is 10.2. The summed E-state index contributed by atoms with van der Waals surface area (Å²) in [5.41, 5.74) is 2.53. The molecule has 21 heavy (non-hydrogen) atoms. The van der Waals surface area contributed by atoms with Gasteiger partial charge in [-0.15, -0.1) is 0 Å². The molecular weight excluding hydrogens is 266 g/mol. The Morgan fingerprint density at radius 3 is 2.86 bits per heavy atom. The van der Waals surface area contributed by atoms with Gasteiger partial charge < -0.3 is 9.84 Å². The number of nitrogens with zero attached hydrogens (tertiary/aromatic N) is 3. The van der Waals surface area contributed by atoms with Crippen molar-refractivity contribution in [2.45, 2.75) is 26.4 Å². The van der Waals surface area contributed by atoms with Crippen molar-refractivity contribution >= 4 is 5.52 Å². The number of aliphatic hydroxyl groups excluding tert-OH is 1. The fourth-order valence-corrected chi connectivity index (χ4v) is 2.12. The molecule has 0 amide bonds. The van der Waals surface area contributed by atoms with Crippen molar-refractivity contribution in [2.24, 2.45) is 0 Å². The molecule has 0 aliphatic rings. The predicted molar refractivity (Wildman–Crippen MR) is 79.5 cm³/mol. The minimum atomic E-state index is -0.0736. The molecule has 2 heterocycles. The van der Waals surface area contributed by atoms with E-state index in [9.17, 15) is 5.11 Å². The molecule has 108 valence electrons. The molecule has 0 atom stereocenters. The minimum absolute atomic E-state index is 0.0736. The lowest BCUT2D eigenvalue weighted by atomic mass is 10.1. The summed E-state index contributed by atoms with van der Waals surface area (Å²) < 4.78 is 7.64. The van der Waals surface area contributed by atoms with Gasteiger partial charge in [-0.1, -0.05) is 32.0 Å². The maximum atomic E-state index is 9.37. The molecule has 0 saturated heterocycles. The van der Waals surface area contributed by atoms with Crippen LogP contribution in [-0.4, -0.2) is 19.7 Å². The number of benzene rings is 1. The Hall–Kier alpha value is -2.40. The van der Waals surface area contributed by atoms with Crippen molar-refractivity contribution in [3.63, 3.8) is 0 Å². The third-order valence-electron chi connectivity index (χ3n) is 3.31. The third kappa shape index (κ3) is 2.60. The van der Waals surface area contributed by atoms with Crippen molar-refractivity contribution in [3.8, 4) is 11.6 Å². The van der Waals surface area contributed by atoms with Gasteiger partial charge >= 0.3 is 0 Å². The fourth-order valence-electron chi connectivity index (χ4n) is 2.12. The number of fused-ring (bicyclic) bond motifs is 1. The number of hydrogen-bond donors (Lipinski definition) is 1. The fraction of sp³-hybridized carbons (Fsp3) is 0.250. The Morgan fingerprint density at radius 2 is 2.10 bits per heavy atom. The van der Waals surface area contributed by atoms with Crippen LogP contribution in [0.5, 0.6) is 11.6 Å². The summed E-state index contributed by atoms with van der Waals surface area (Å²) in [6, 6.07) is 9.35. The van der Waals surface area contributed by atoms with E-state index in [1.807, 2.05) is 30.3 Å². The van der Waals surface area contributed by atoms with Gasteiger partial charge in [-0.2, -0.15) is 5.10 Å². The summed E-state index contributed by atoms with van der Waals surface area (Å²) in [7, 11) is 0. The van der Waals surface area contributed by atoms with Crippen LogP contribution in [0.4, 0.5) is 0 Å². The van der Waals surface area contributed by atoms with Crippen LogP contribution in [0.2, 0.25) is 0 Å². The lowest BCUT2D eigenvalue weighted by Gasteiger charge is -2.09. The maximum Gasteiger partial charge on any atom is 0.245 e. The van der Waals surface area contributed by atoms with Gasteiger partial charge in [0, 0.05) is 18.0 Å². The van der Waals surface area contributed by atoms with Crippen molar-refractivity contribution in [1.29, 1.82) is 0 Å². The van der Waals surface area contributed by atoms with E-state index < -0.39 is 0 Å². The molecule has 0 spiro atoms. The van der Waals surface area contributed by atoms with Crippen LogP contribution in [0.3, 0.4) is 0 Å². The van der Waals surface area contributed by atoms with Gasteiger partial charge in [-0.25, -0.2) is 9.50 Å². The second kappa shape index (κ2) is 5.54. The quantitative estimate of drug-likeness (QED) is 0.799. The second-order valence-electron chi connectivity index (χ2n) is 5.15. The molecule has 1 N–H and O–H groups in total. The van der Waals surface area contributed by atoms with Crippen LogP contribution in [0, 0.1) is 0 Å². The highest BCUT2D eigenvalue weighted by molar-refractivity contribution is 5.58. The summed E-state index contributed by atoms with van der Waals surface area (Å²) in [6.45, 7) is 4.11. The van der Waals surface area contributed by atoms with Crippen molar-refractivity contribution in [1.82, 2.24) is 14.6 Å². The summed E-state index contributed by atoms with van der Waals surface area (Å²) in [5, 5.41) is 13.9. The Morgan fingerprint density at radius 1 is 1.29 bits per heavy atom. The van der Waals surface area contributed by atoms with Crippen molar-refractivity contribution in [2.75, 3.05) is 0 Å². The first-order valence-corrected chi connectivity index (χ1v) is 6.90. The van der Waals surface area contributed by atoms with Gasteiger partial charge in [0.1, 0.15) is 11.3 Å². The molecule has 5 heteroatoms. The topological polar surface area (TPSA) is 59.7 Å². The van der Waals surface area contributed by atoms with Gasteiger partial charge in [0.2, 0.25) is 5.88 Å². The molecule has 2 aromatic heterocycles. The maximum absolute atomic E-state index is 9.37. The van der Waals surface area contributed by atoms with Crippen LogP contribution in [0.15, 0.2) is 42.7 Å². The lowest BCUT2D eigenvalue weighted by molar-refractivity contribution is 0.276. The Kier molecular flexibility index (Phi) is 3.58. The first kappa shape index (κ1) is 13.6. The Balaban J connectivity index is 2.04. The molecule has 0 aliphatic heterocycles. The smallest absolute Gasteiger partial charge is 0.245 e. The molecule has 0 saturated carbocycles. The number of rotatable bonds is 4. The zero-order valence-electron chi connectivity index (χ0n) is 12.0. The Bertz CT molecular complexity index is 765. The molecular formula is C16H17N3O2. The van der Waals surface area contributed by atoms with Gasteiger partial charge in [0.25, 0.3) is 0 Å². The molecule has 5 nitrogen and oxygen atoms in total. The van der Waals surface area contributed by atoms with E-state index in [2.05, 4.69) is 23.9 Å². The number of para-hydroxylation sites is 1. The van der Waals surface area contributed by atoms with Crippen molar-refractivity contribution in [3.05, 3.63) is 54.0 Å². The van der Waals surface area contributed by atoms with E-state index in [1.165, 1.54) is 0 Å². The van der Waals surface area contributed by atoms with E-state index in [4.69, 9.17) is 4.74 Å². The number of ether oxygens (including phenoxy) is 1. The normalized spacial score (nSPS) is 11.2. The average molecular weight is 283 g/mol. The van der Waals surface area contributed by atoms with Crippen LogP contribution >= 0.6 is 0 Å². The molecule has 1 aromatic carbocycles. The summed E-state index contributed by atoms with van der Waals surface area (Å²) in [5.74, 6) is 1.42. The van der Waals surface area contributed by atoms with Crippen LogP contribution in [0.1, 0.15) is 31.0 Å². The van der Waals surface area contributed by atoms with Crippen LogP contribution in [-0.2, 0) is 6.61 Å². The van der Waals surface area contributed by atoms with E-state index in [0.29, 0.717) is 17.5 Å². The molecule has 0 fully saturated rings. The van der Waals surface area contributed by atoms with Crippen molar-refractivity contribution < 1.29 is 9.84 Å². The van der Waals surface area contributed by atoms with Gasteiger partial charge in [0.15, 0.2) is 0 Å². The zero-order valence-corrected chi connectivity index (χ0v) is 12.0. The highest BCUT2D eigenvalue weighted by Gasteiger charge is 2.12. The first-order valence-electron chi connectivity index (χ1n) is 6.90. The zero-order chi connectivity index (χ0) is 14.8. The second-order valence-corrected chi connectivity index (χ2v) is 5.15. The number of aliphatic hydroxyl groups is 1. The summed E-state index contributed by atoms with van der Waals surface area (Å²) >= 11 is 0. The molecule has 3 rings (SSSR count). The minimum Gasteiger partial charge on any atom is -0.437 e. The largest absolute Gasteiger partial charge is 0.437 e. The predicted octanol–water partition coefficient (Wildman–Crippen LogP) is 3.14. The Labute approximate surface area is 122 Å². The molecule has 0 radical (unpaired) electrons. The lowest BCUT2D eigenvalue weighted by Crippen LogP contribution is -1.96. The molecule has 0 unspecified atom stereocenters. The van der Waals surface area contributed by atoms with Gasteiger partial charge in [-0.3, -0.25) is 0 Å². The van der Waals surface area contributed by atoms with Crippen LogP contribution in [0.25, 0.3) is 5.52 Å². The molecule has 0 bridgehead atoms. The standard InChI is InChI=1S/C16H17N3O2/c1-11(2)13-9-14-16(17-7-8-19(14)18-13)21-15-6-4-3-5-12(15)10-20/h3-9,11,20H,10H2,1-2H3. The van der Waals surface area contributed by atoms with Crippen LogP contribution < -0.4 is 4.74 Å². The third-order valence-corrected chi connectivity index (χ3v) is 3.31.